The third-order valence-corrected chi connectivity index (χ3v) is 4.26. The molecule has 1 aromatic rings. The molecule has 2 aliphatic rings. The number of nitrogens with zero attached hydrogens (tertiary/aromatic N) is 1. The van der Waals surface area contributed by atoms with Gasteiger partial charge in [-0.05, 0) is 49.3 Å². The SMILES string of the molecule is COc1ccc(C(NC2=NCCCCC2)C2CC2)cc1.Cl. The Hall–Kier alpha value is -1.22. The number of rotatable bonds is 4. The molecule has 1 saturated carbocycles. The van der Waals surface area contributed by atoms with Gasteiger partial charge in [0.15, 0.2) is 0 Å². The lowest BCUT2D eigenvalue weighted by Crippen LogP contribution is -2.29. The molecule has 0 spiro atoms. The maximum atomic E-state index is 5.25. The number of amidine groups is 1. The molecule has 1 aromatic carbocycles. The van der Waals surface area contributed by atoms with Crippen molar-refractivity contribution in [2.45, 2.75) is 44.6 Å². The molecule has 1 fully saturated rings. The van der Waals surface area contributed by atoms with Crippen LogP contribution < -0.4 is 10.1 Å². The first-order valence-corrected chi connectivity index (χ1v) is 7.80. The lowest BCUT2D eigenvalue weighted by molar-refractivity contribution is 0.414. The van der Waals surface area contributed by atoms with Crippen molar-refractivity contribution in [3.8, 4) is 5.75 Å². The quantitative estimate of drug-likeness (QED) is 0.907. The van der Waals surface area contributed by atoms with E-state index in [-0.39, 0.29) is 12.4 Å². The minimum Gasteiger partial charge on any atom is -0.497 e. The molecule has 0 aromatic heterocycles. The molecule has 3 nitrogen and oxygen atoms in total. The summed E-state index contributed by atoms with van der Waals surface area (Å²) in [7, 11) is 1.71. The Morgan fingerprint density at radius 3 is 2.57 bits per heavy atom. The smallest absolute Gasteiger partial charge is 0.118 e. The maximum Gasteiger partial charge on any atom is 0.118 e. The first kappa shape index (κ1) is 16.2. The molecule has 1 unspecified atom stereocenters. The molecule has 1 heterocycles. The summed E-state index contributed by atoms with van der Waals surface area (Å²) in [6, 6.07) is 8.92. The fourth-order valence-electron chi connectivity index (χ4n) is 2.89. The Balaban J connectivity index is 0.00000161. The third kappa shape index (κ3) is 4.37. The van der Waals surface area contributed by atoms with Crippen LogP contribution in [0.25, 0.3) is 0 Å². The second kappa shape index (κ2) is 7.69. The topological polar surface area (TPSA) is 33.6 Å². The van der Waals surface area contributed by atoms with E-state index < -0.39 is 0 Å². The lowest BCUT2D eigenvalue weighted by atomic mass is 10.0. The summed E-state index contributed by atoms with van der Waals surface area (Å²) in [5.74, 6) is 2.92. The molecule has 1 aliphatic heterocycles. The second-order valence-electron chi connectivity index (χ2n) is 5.87. The van der Waals surface area contributed by atoms with Gasteiger partial charge in [-0.2, -0.15) is 0 Å². The minimum absolute atomic E-state index is 0. The predicted octanol–water partition coefficient (Wildman–Crippen LogP) is 4.13. The highest BCUT2D eigenvalue weighted by atomic mass is 35.5. The van der Waals surface area contributed by atoms with Gasteiger partial charge in [0.05, 0.1) is 19.0 Å². The van der Waals surface area contributed by atoms with Gasteiger partial charge in [0.2, 0.25) is 0 Å². The van der Waals surface area contributed by atoms with Crippen molar-refractivity contribution in [2.75, 3.05) is 13.7 Å². The molecular weight excluding hydrogens is 284 g/mol. The third-order valence-electron chi connectivity index (χ3n) is 4.26. The number of ether oxygens (including phenoxy) is 1. The Morgan fingerprint density at radius 1 is 1.14 bits per heavy atom. The van der Waals surface area contributed by atoms with E-state index >= 15 is 0 Å². The van der Waals surface area contributed by atoms with Gasteiger partial charge in [-0.15, -0.1) is 12.4 Å². The number of nitrogens with one attached hydrogen (secondary N) is 1. The van der Waals surface area contributed by atoms with E-state index in [1.165, 1.54) is 43.5 Å². The van der Waals surface area contributed by atoms with Crippen LogP contribution in [0.15, 0.2) is 29.3 Å². The fourth-order valence-corrected chi connectivity index (χ4v) is 2.89. The zero-order valence-electron chi connectivity index (χ0n) is 12.7. The predicted molar refractivity (Wildman–Crippen MR) is 89.6 cm³/mol. The van der Waals surface area contributed by atoms with E-state index in [0.717, 1.165) is 24.6 Å². The van der Waals surface area contributed by atoms with Gasteiger partial charge in [0.25, 0.3) is 0 Å². The van der Waals surface area contributed by atoms with Gasteiger partial charge >= 0.3 is 0 Å². The molecule has 0 amide bonds. The van der Waals surface area contributed by atoms with Crippen LogP contribution in [0, 0.1) is 5.92 Å². The fraction of sp³-hybridized carbons (Fsp3) is 0.588. The van der Waals surface area contributed by atoms with Gasteiger partial charge in [0, 0.05) is 13.0 Å². The highest BCUT2D eigenvalue weighted by Crippen LogP contribution is 2.41. The Labute approximate surface area is 133 Å². The van der Waals surface area contributed by atoms with E-state index in [9.17, 15) is 0 Å². The Kier molecular flexibility index (Phi) is 5.92. The Morgan fingerprint density at radius 2 is 1.90 bits per heavy atom. The van der Waals surface area contributed by atoms with Gasteiger partial charge < -0.3 is 10.1 Å². The van der Waals surface area contributed by atoms with Gasteiger partial charge in [-0.1, -0.05) is 18.6 Å². The number of hydrogen-bond donors (Lipinski definition) is 1. The summed E-state index contributed by atoms with van der Waals surface area (Å²) >= 11 is 0. The summed E-state index contributed by atoms with van der Waals surface area (Å²) in [5.41, 5.74) is 1.36. The molecule has 116 valence electrons. The van der Waals surface area contributed by atoms with Crippen molar-refractivity contribution < 1.29 is 4.74 Å². The standard InChI is InChI=1S/C17H24N2O.ClH/c1-20-15-10-8-14(9-11-15)17(13-6-7-13)19-16-5-3-2-4-12-18-16;/h8-11,13,17H,2-7,12H2,1H3,(H,18,19);1H. The zero-order valence-corrected chi connectivity index (χ0v) is 13.5. The summed E-state index contributed by atoms with van der Waals surface area (Å²) in [4.78, 5) is 4.71. The largest absolute Gasteiger partial charge is 0.497 e. The average molecular weight is 309 g/mol. The van der Waals surface area contributed by atoms with E-state index in [2.05, 4.69) is 29.6 Å². The molecule has 4 heteroatoms. The molecule has 0 bridgehead atoms. The molecule has 1 N–H and O–H groups in total. The number of methoxy groups -OCH3 is 1. The number of benzene rings is 1. The molecule has 0 radical (unpaired) electrons. The lowest BCUT2D eigenvalue weighted by Gasteiger charge is -2.21. The first-order valence-electron chi connectivity index (χ1n) is 7.80. The van der Waals surface area contributed by atoms with E-state index in [4.69, 9.17) is 9.73 Å². The van der Waals surface area contributed by atoms with Crippen LogP contribution >= 0.6 is 12.4 Å². The van der Waals surface area contributed by atoms with Gasteiger partial charge in [-0.25, -0.2) is 0 Å². The molecule has 1 atom stereocenters. The van der Waals surface area contributed by atoms with Gasteiger partial charge in [0.1, 0.15) is 5.75 Å². The molecule has 0 saturated heterocycles. The molecule has 21 heavy (non-hydrogen) atoms. The number of hydrogen-bond acceptors (Lipinski definition) is 3. The summed E-state index contributed by atoms with van der Waals surface area (Å²) in [6.45, 7) is 0.988. The van der Waals surface area contributed by atoms with Crippen molar-refractivity contribution in [3.05, 3.63) is 29.8 Å². The second-order valence-corrected chi connectivity index (χ2v) is 5.87. The molecular formula is C17H25ClN2O. The summed E-state index contributed by atoms with van der Waals surface area (Å²) in [5, 5.41) is 3.72. The maximum absolute atomic E-state index is 5.25. The first-order chi connectivity index (χ1) is 9.86. The van der Waals surface area contributed by atoms with Crippen molar-refractivity contribution >= 4 is 18.2 Å². The van der Waals surface area contributed by atoms with E-state index in [1.54, 1.807) is 7.11 Å². The Bertz CT molecular complexity index is 468. The van der Waals surface area contributed by atoms with Crippen molar-refractivity contribution in [2.24, 2.45) is 10.9 Å². The van der Waals surface area contributed by atoms with Crippen LogP contribution in [0.5, 0.6) is 5.75 Å². The monoisotopic (exact) mass is 308 g/mol. The molecule has 1 aliphatic carbocycles. The minimum atomic E-state index is 0. The normalized spacial score (nSPS) is 19.8. The van der Waals surface area contributed by atoms with Crippen LogP contribution in [-0.4, -0.2) is 19.5 Å². The van der Waals surface area contributed by atoms with Crippen LogP contribution in [-0.2, 0) is 0 Å². The van der Waals surface area contributed by atoms with Crippen LogP contribution in [0.4, 0.5) is 0 Å². The van der Waals surface area contributed by atoms with Crippen molar-refractivity contribution in [1.29, 1.82) is 0 Å². The van der Waals surface area contributed by atoms with Crippen molar-refractivity contribution in [3.63, 3.8) is 0 Å². The van der Waals surface area contributed by atoms with Crippen LogP contribution in [0.3, 0.4) is 0 Å². The van der Waals surface area contributed by atoms with Gasteiger partial charge in [-0.3, -0.25) is 4.99 Å². The van der Waals surface area contributed by atoms with E-state index in [1.807, 2.05) is 0 Å². The average Bonchev–Trinajstić information content (AvgIpc) is 3.32. The summed E-state index contributed by atoms with van der Waals surface area (Å²) < 4.78 is 5.25. The number of halogens is 1. The van der Waals surface area contributed by atoms with E-state index in [0.29, 0.717) is 6.04 Å². The van der Waals surface area contributed by atoms with Crippen LogP contribution in [0.1, 0.15) is 50.1 Å². The van der Waals surface area contributed by atoms with Crippen molar-refractivity contribution in [1.82, 2.24) is 5.32 Å². The van der Waals surface area contributed by atoms with Crippen LogP contribution in [0.2, 0.25) is 0 Å². The summed E-state index contributed by atoms with van der Waals surface area (Å²) in [6.07, 6.45) is 7.59. The zero-order chi connectivity index (χ0) is 13.8. The highest BCUT2D eigenvalue weighted by Gasteiger charge is 2.32. The molecule has 3 rings (SSSR count). The number of aliphatic imine (C=N–C) groups is 1. The highest BCUT2D eigenvalue weighted by molar-refractivity contribution is 5.85.